The number of carbonyl (C=O) groups excluding carboxylic acids is 1. The third-order valence-electron chi connectivity index (χ3n) is 3.50. The van der Waals surface area contributed by atoms with E-state index in [0.29, 0.717) is 30.2 Å². The molecule has 1 aliphatic heterocycles. The second-order valence-electron chi connectivity index (χ2n) is 5.27. The number of carbonyl (C=O) groups is 1. The average Bonchev–Trinajstić information content (AvgIpc) is 2.86. The summed E-state index contributed by atoms with van der Waals surface area (Å²) in [6.45, 7) is 5.74. The minimum absolute atomic E-state index is 0.142. The molecule has 1 aliphatic rings. The molecule has 1 amide bonds. The van der Waals surface area contributed by atoms with Crippen molar-refractivity contribution in [3.05, 3.63) is 23.8 Å². The fraction of sp³-hybridized carbons (Fsp3) is 0.533. The van der Waals surface area contributed by atoms with E-state index in [1.54, 1.807) is 18.2 Å². The van der Waals surface area contributed by atoms with Crippen molar-refractivity contribution in [2.24, 2.45) is 0 Å². The summed E-state index contributed by atoms with van der Waals surface area (Å²) in [7, 11) is 0. The molecule has 1 atom stereocenters. The lowest BCUT2D eigenvalue weighted by atomic mass is 10.0. The predicted octanol–water partition coefficient (Wildman–Crippen LogP) is 1.97. The van der Waals surface area contributed by atoms with Gasteiger partial charge in [0.25, 0.3) is 5.91 Å². The van der Waals surface area contributed by atoms with Crippen molar-refractivity contribution >= 4 is 11.6 Å². The van der Waals surface area contributed by atoms with Crippen LogP contribution in [0.1, 0.15) is 37.0 Å². The van der Waals surface area contributed by atoms with Gasteiger partial charge in [0.15, 0.2) is 0 Å². The number of nitrogens with one attached hydrogen (secondary N) is 1. The maximum Gasteiger partial charge on any atom is 0.251 e. The summed E-state index contributed by atoms with van der Waals surface area (Å²) in [4.78, 5) is 12.1. The quantitative estimate of drug-likeness (QED) is 0.808. The molecular formula is C15H22N2O3. The zero-order valence-electron chi connectivity index (χ0n) is 12.1. The number of amides is 1. The van der Waals surface area contributed by atoms with Gasteiger partial charge < -0.3 is 20.5 Å². The Kier molecular flexibility index (Phi) is 4.49. The van der Waals surface area contributed by atoms with E-state index < -0.39 is 0 Å². The Morgan fingerprint density at radius 3 is 2.95 bits per heavy atom. The van der Waals surface area contributed by atoms with Gasteiger partial charge in [0.05, 0.1) is 17.9 Å². The molecule has 0 radical (unpaired) electrons. The molecule has 0 aromatic heterocycles. The van der Waals surface area contributed by atoms with Crippen molar-refractivity contribution in [3.8, 4) is 5.75 Å². The largest absolute Gasteiger partial charge is 0.492 e. The molecule has 0 saturated carbocycles. The average molecular weight is 278 g/mol. The normalized spacial score (nSPS) is 21.7. The fourth-order valence-corrected chi connectivity index (χ4v) is 2.32. The highest BCUT2D eigenvalue weighted by molar-refractivity contribution is 5.95. The summed E-state index contributed by atoms with van der Waals surface area (Å²) in [5.41, 5.74) is 6.63. The number of anilines is 1. The number of rotatable bonds is 5. The van der Waals surface area contributed by atoms with Crippen molar-refractivity contribution in [2.75, 3.05) is 25.5 Å². The first-order valence-electron chi connectivity index (χ1n) is 6.98. The maximum absolute atomic E-state index is 12.1. The van der Waals surface area contributed by atoms with Gasteiger partial charge in [-0.05, 0) is 44.9 Å². The zero-order chi connectivity index (χ0) is 14.6. The van der Waals surface area contributed by atoms with Gasteiger partial charge >= 0.3 is 0 Å². The molecule has 1 heterocycles. The molecule has 5 heteroatoms. The van der Waals surface area contributed by atoms with Crippen LogP contribution in [0.3, 0.4) is 0 Å². The lowest BCUT2D eigenvalue weighted by molar-refractivity contribution is 0.0206. The second kappa shape index (κ2) is 6.13. The SMILES string of the molecule is CCOc1ccc(C(=O)NCC2(C)CCCO2)cc1N. The summed E-state index contributed by atoms with van der Waals surface area (Å²) in [5.74, 6) is 0.464. The van der Waals surface area contributed by atoms with Crippen LogP contribution < -0.4 is 15.8 Å². The van der Waals surface area contributed by atoms with Crippen molar-refractivity contribution < 1.29 is 14.3 Å². The predicted molar refractivity (Wildman–Crippen MR) is 77.9 cm³/mol. The second-order valence-corrected chi connectivity index (χ2v) is 5.27. The van der Waals surface area contributed by atoms with E-state index in [1.165, 1.54) is 0 Å². The van der Waals surface area contributed by atoms with Gasteiger partial charge in [-0.15, -0.1) is 0 Å². The third kappa shape index (κ3) is 3.42. The topological polar surface area (TPSA) is 73.6 Å². The third-order valence-corrected chi connectivity index (χ3v) is 3.50. The van der Waals surface area contributed by atoms with Gasteiger partial charge in [0.1, 0.15) is 5.75 Å². The molecule has 0 bridgehead atoms. The number of nitrogen functional groups attached to an aromatic ring is 1. The maximum atomic E-state index is 12.1. The summed E-state index contributed by atoms with van der Waals surface area (Å²) in [6, 6.07) is 5.08. The van der Waals surface area contributed by atoms with E-state index >= 15 is 0 Å². The van der Waals surface area contributed by atoms with E-state index in [0.717, 1.165) is 19.4 Å². The van der Waals surface area contributed by atoms with Crippen LogP contribution >= 0.6 is 0 Å². The van der Waals surface area contributed by atoms with Crippen LogP contribution in [0, 0.1) is 0 Å². The van der Waals surface area contributed by atoms with Gasteiger partial charge in [-0.2, -0.15) is 0 Å². The fourth-order valence-electron chi connectivity index (χ4n) is 2.32. The molecule has 2 rings (SSSR count). The minimum atomic E-state index is -0.244. The smallest absolute Gasteiger partial charge is 0.251 e. The van der Waals surface area contributed by atoms with E-state index in [2.05, 4.69) is 5.32 Å². The van der Waals surface area contributed by atoms with Crippen LogP contribution in [-0.4, -0.2) is 31.3 Å². The molecule has 1 fully saturated rings. The van der Waals surface area contributed by atoms with Crippen LogP contribution in [0.5, 0.6) is 5.75 Å². The van der Waals surface area contributed by atoms with Gasteiger partial charge in [-0.25, -0.2) is 0 Å². The van der Waals surface area contributed by atoms with E-state index in [9.17, 15) is 4.79 Å². The van der Waals surface area contributed by atoms with Gasteiger partial charge in [-0.1, -0.05) is 0 Å². The van der Waals surface area contributed by atoms with Crippen molar-refractivity contribution in [1.29, 1.82) is 0 Å². The highest BCUT2D eigenvalue weighted by atomic mass is 16.5. The number of benzene rings is 1. The van der Waals surface area contributed by atoms with Crippen LogP contribution in [-0.2, 0) is 4.74 Å². The van der Waals surface area contributed by atoms with Crippen LogP contribution in [0.4, 0.5) is 5.69 Å². The molecule has 3 N–H and O–H groups in total. The number of ether oxygens (including phenoxy) is 2. The Morgan fingerprint density at radius 2 is 2.35 bits per heavy atom. The molecule has 0 aliphatic carbocycles. The first-order valence-corrected chi connectivity index (χ1v) is 6.98. The number of hydrogen-bond donors (Lipinski definition) is 2. The number of nitrogens with two attached hydrogens (primary N) is 1. The first-order chi connectivity index (χ1) is 9.54. The Hall–Kier alpha value is -1.75. The molecule has 20 heavy (non-hydrogen) atoms. The van der Waals surface area contributed by atoms with Gasteiger partial charge in [0.2, 0.25) is 0 Å². The van der Waals surface area contributed by atoms with Crippen molar-refractivity contribution in [1.82, 2.24) is 5.32 Å². The molecule has 1 aromatic carbocycles. The Bertz CT molecular complexity index is 482. The summed E-state index contributed by atoms with van der Waals surface area (Å²) >= 11 is 0. The molecular weight excluding hydrogens is 256 g/mol. The van der Waals surface area contributed by atoms with E-state index in [4.69, 9.17) is 15.2 Å². The first kappa shape index (κ1) is 14.7. The van der Waals surface area contributed by atoms with Gasteiger partial charge in [0, 0.05) is 18.7 Å². The summed E-state index contributed by atoms with van der Waals surface area (Å²) in [6.07, 6.45) is 2.01. The summed E-state index contributed by atoms with van der Waals surface area (Å²) < 4.78 is 11.0. The van der Waals surface area contributed by atoms with Crippen LogP contribution in [0.15, 0.2) is 18.2 Å². The molecule has 110 valence electrons. The zero-order valence-corrected chi connectivity index (χ0v) is 12.1. The van der Waals surface area contributed by atoms with E-state index in [1.807, 2.05) is 13.8 Å². The lowest BCUT2D eigenvalue weighted by Crippen LogP contribution is -2.40. The van der Waals surface area contributed by atoms with Crippen molar-refractivity contribution in [3.63, 3.8) is 0 Å². The molecule has 1 saturated heterocycles. The molecule has 5 nitrogen and oxygen atoms in total. The molecule has 1 unspecified atom stereocenters. The monoisotopic (exact) mass is 278 g/mol. The Balaban J connectivity index is 1.97. The molecule has 0 spiro atoms. The minimum Gasteiger partial charge on any atom is -0.492 e. The highest BCUT2D eigenvalue weighted by Gasteiger charge is 2.30. The van der Waals surface area contributed by atoms with Crippen LogP contribution in [0.2, 0.25) is 0 Å². The van der Waals surface area contributed by atoms with Gasteiger partial charge in [-0.3, -0.25) is 4.79 Å². The summed E-state index contributed by atoms with van der Waals surface area (Å²) in [5, 5.41) is 2.90. The number of hydrogen-bond acceptors (Lipinski definition) is 4. The Morgan fingerprint density at radius 1 is 1.55 bits per heavy atom. The highest BCUT2D eigenvalue weighted by Crippen LogP contribution is 2.25. The standard InChI is InChI=1S/C15H22N2O3/c1-3-19-13-6-5-11(9-12(13)16)14(18)17-10-15(2)7-4-8-20-15/h5-6,9H,3-4,7-8,10,16H2,1-2H3,(H,17,18). The Labute approximate surface area is 119 Å². The molecule has 1 aromatic rings. The van der Waals surface area contributed by atoms with Crippen molar-refractivity contribution in [2.45, 2.75) is 32.3 Å². The lowest BCUT2D eigenvalue weighted by Gasteiger charge is -2.23. The van der Waals surface area contributed by atoms with Crippen LogP contribution in [0.25, 0.3) is 0 Å². The van der Waals surface area contributed by atoms with E-state index in [-0.39, 0.29) is 11.5 Å².